The summed E-state index contributed by atoms with van der Waals surface area (Å²) in [5.41, 5.74) is 1.77. The number of carbonyl (C=O) groups excluding carboxylic acids is 2. The lowest BCUT2D eigenvalue weighted by atomic mass is 9.88. The van der Waals surface area contributed by atoms with Gasteiger partial charge in [-0.15, -0.1) is 11.3 Å². The van der Waals surface area contributed by atoms with Crippen molar-refractivity contribution in [3.63, 3.8) is 0 Å². The predicted molar refractivity (Wildman–Crippen MR) is 110 cm³/mol. The number of piperidine rings is 1. The Kier molecular flexibility index (Phi) is 5.95. The fourth-order valence-corrected chi connectivity index (χ4v) is 5.44. The SMILES string of the molecule is Cc1ncsc1CN1CC2(CCN(C(=O)C3(C)CCCCO3)CC2)OCCC1=O. The minimum absolute atomic E-state index is 0.105. The Morgan fingerprint density at radius 1 is 1.21 bits per heavy atom. The van der Waals surface area contributed by atoms with Gasteiger partial charge in [0.15, 0.2) is 0 Å². The van der Waals surface area contributed by atoms with Crippen molar-refractivity contribution in [1.82, 2.24) is 14.8 Å². The Balaban J connectivity index is 1.41. The van der Waals surface area contributed by atoms with Gasteiger partial charge in [0.25, 0.3) is 5.91 Å². The van der Waals surface area contributed by atoms with E-state index < -0.39 is 5.60 Å². The Morgan fingerprint density at radius 2 is 2.00 bits per heavy atom. The van der Waals surface area contributed by atoms with E-state index in [9.17, 15) is 9.59 Å². The summed E-state index contributed by atoms with van der Waals surface area (Å²) in [6.07, 6.45) is 4.77. The van der Waals surface area contributed by atoms with Crippen LogP contribution in [0, 0.1) is 6.92 Å². The number of thiazole rings is 1. The quantitative estimate of drug-likeness (QED) is 0.750. The molecule has 2 amide bonds. The molecule has 3 aliphatic rings. The third-order valence-electron chi connectivity index (χ3n) is 6.62. The summed E-state index contributed by atoms with van der Waals surface area (Å²) in [7, 11) is 0. The second-order valence-electron chi connectivity index (χ2n) is 8.72. The van der Waals surface area contributed by atoms with Gasteiger partial charge in [0.2, 0.25) is 5.91 Å². The number of nitrogens with zero attached hydrogens (tertiary/aromatic N) is 3. The minimum Gasteiger partial charge on any atom is -0.372 e. The van der Waals surface area contributed by atoms with Crippen molar-refractivity contribution in [2.24, 2.45) is 0 Å². The highest BCUT2D eigenvalue weighted by Gasteiger charge is 2.45. The maximum atomic E-state index is 13.1. The molecule has 1 aromatic heterocycles. The number of hydrogen-bond donors (Lipinski definition) is 0. The average molecular weight is 422 g/mol. The number of hydrogen-bond acceptors (Lipinski definition) is 6. The molecule has 0 N–H and O–H groups in total. The lowest BCUT2D eigenvalue weighted by Gasteiger charge is -2.45. The number of aromatic nitrogens is 1. The standard InChI is InChI=1S/C21H31N3O4S/c1-16-17(29-15-22-16)13-24-14-21(28-12-5-18(24)25)7-9-23(10-8-21)19(26)20(2)6-3-4-11-27-20/h15H,3-14H2,1-2H3. The van der Waals surface area contributed by atoms with Crippen LogP contribution in [0.1, 0.15) is 56.0 Å². The van der Waals surface area contributed by atoms with E-state index in [0.29, 0.717) is 45.8 Å². The highest BCUT2D eigenvalue weighted by atomic mass is 32.1. The number of ether oxygens (including phenoxy) is 2. The maximum absolute atomic E-state index is 13.1. The van der Waals surface area contributed by atoms with Crippen molar-refractivity contribution in [3.05, 3.63) is 16.1 Å². The van der Waals surface area contributed by atoms with Crippen LogP contribution in [0.2, 0.25) is 0 Å². The van der Waals surface area contributed by atoms with Gasteiger partial charge in [-0.1, -0.05) is 0 Å². The fourth-order valence-electron chi connectivity index (χ4n) is 4.65. The molecule has 0 bridgehead atoms. The molecule has 3 fully saturated rings. The highest BCUT2D eigenvalue weighted by Crippen LogP contribution is 2.34. The van der Waals surface area contributed by atoms with Crippen LogP contribution >= 0.6 is 11.3 Å². The first-order valence-corrected chi connectivity index (χ1v) is 11.5. The predicted octanol–water partition coefficient (Wildman–Crippen LogP) is 2.52. The van der Waals surface area contributed by atoms with Crippen LogP contribution < -0.4 is 0 Å². The molecule has 1 aromatic rings. The zero-order valence-electron chi connectivity index (χ0n) is 17.4. The van der Waals surface area contributed by atoms with E-state index in [1.807, 2.05) is 29.2 Å². The summed E-state index contributed by atoms with van der Waals surface area (Å²) in [5, 5.41) is 0. The van der Waals surface area contributed by atoms with E-state index >= 15 is 0 Å². The van der Waals surface area contributed by atoms with Crippen molar-refractivity contribution >= 4 is 23.2 Å². The van der Waals surface area contributed by atoms with E-state index in [-0.39, 0.29) is 17.4 Å². The smallest absolute Gasteiger partial charge is 0.254 e. The Bertz CT molecular complexity index is 751. The first-order valence-electron chi connectivity index (χ1n) is 10.6. The number of carbonyl (C=O) groups is 2. The molecule has 1 spiro atoms. The molecule has 1 atom stereocenters. The van der Waals surface area contributed by atoms with Crippen LogP contribution in [0.3, 0.4) is 0 Å². The number of amides is 2. The van der Waals surface area contributed by atoms with Crippen molar-refractivity contribution in [2.75, 3.05) is 32.8 Å². The largest absolute Gasteiger partial charge is 0.372 e. The Labute approximate surface area is 176 Å². The molecule has 0 saturated carbocycles. The van der Waals surface area contributed by atoms with Crippen LogP contribution in [0.15, 0.2) is 5.51 Å². The van der Waals surface area contributed by atoms with Gasteiger partial charge >= 0.3 is 0 Å². The molecule has 7 nitrogen and oxygen atoms in total. The van der Waals surface area contributed by atoms with Gasteiger partial charge in [-0.05, 0) is 46.0 Å². The molecule has 3 aliphatic heterocycles. The Hall–Kier alpha value is -1.51. The van der Waals surface area contributed by atoms with Crippen molar-refractivity contribution < 1.29 is 19.1 Å². The second-order valence-corrected chi connectivity index (χ2v) is 9.66. The fraction of sp³-hybridized carbons (Fsp3) is 0.762. The molecule has 3 saturated heterocycles. The topological polar surface area (TPSA) is 72.0 Å². The van der Waals surface area contributed by atoms with E-state index in [1.54, 1.807) is 11.3 Å². The summed E-state index contributed by atoms with van der Waals surface area (Å²) in [4.78, 5) is 35.0. The van der Waals surface area contributed by atoms with Gasteiger partial charge in [-0.25, -0.2) is 4.98 Å². The summed E-state index contributed by atoms with van der Waals surface area (Å²) in [5.74, 6) is 0.241. The first-order chi connectivity index (χ1) is 13.9. The van der Waals surface area contributed by atoms with Gasteiger partial charge < -0.3 is 19.3 Å². The van der Waals surface area contributed by atoms with Gasteiger partial charge in [0, 0.05) is 24.6 Å². The summed E-state index contributed by atoms with van der Waals surface area (Å²) in [6.45, 7) is 7.51. The van der Waals surface area contributed by atoms with E-state index in [0.717, 1.165) is 42.7 Å². The minimum atomic E-state index is -0.682. The lowest BCUT2D eigenvalue weighted by Crippen LogP contribution is -2.57. The zero-order chi connectivity index (χ0) is 20.5. The third kappa shape index (κ3) is 4.34. The molecule has 160 valence electrons. The second kappa shape index (κ2) is 8.32. The van der Waals surface area contributed by atoms with E-state index in [1.165, 1.54) is 0 Å². The number of likely N-dealkylation sites (tertiary alicyclic amines) is 1. The lowest BCUT2D eigenvalue weighted by molar-refractivity contribution is -0.167. The highest BCUT2D eigenvalue weighted by molar-refractivity contribution is 7.09. The normalized spacial score (nSPS) is 27.9. The molecule has 0 aliphatic carbocycles. The van der Waals surface area contributed by atoms with Gasteiger partial charge in [0.1, 0.15) is 5.60 Å². The van der Waals surface area contributed by atoms with Crippen LogP contribution in [0.25, 0.3) is 0 Å². The summed E-state index contributed by atoms with van der Waals surface area (Å²) >= 11 is 1.59. The molecule has 4 rings (SSSR count). The molecular formula is C21H31N3O4S. The molecule has 29 heavy (non-hydrogen) atoms. The molecule has 0 aromatic carbocycles. The van der Waals surface area contributed by atoms with E-state index in [4.69, 9.17) is 9.47 Å². The van der Waals surface area contributed by atoms with Crippen LogP contribution in [-0.4, -0.2) is 70.6 Å². The number of rotatable bonds is 3. The monoisotopic (exact) mass is 421 g/mol. The van der Waals surface area contributed by atoms with Crippen molar-refractivity contribution in [3.8, 4) is 0 Å². The number of aryl methyl sites for hydroxylation is 1. The van der Waals surface area contributed by atoms with Gasteiger partial charge in [0.05, 0.1) is 42.9 Å². The Morgan fingerprint density at radius 3 is 2.66 bits per heavy atom. The molecule has 8 heteroatoms. The van der Waals surface area contributed by atoms with Crippen molar-refractivity contribution in [1.29, 1.82) is 0 Å². The van der Waals surface area contributed by atoms with Crippen LogP contribution in [0.4, 0.5) is 0 Å². The molecule has 1 unspecified atom stereocenters. The van der Waals surface area contributed by atoms with Crippen LogP contribution in [-0.2, 0) is 25.6 Å². The molecular weight excluding hydrogens is 390 g/mol. The summed E-state index contributed by atoms with van der Waals surface area (Å²) in [6, 6.07) is 0. The van der Waals surface area contributed by atoms with Crippen molar-refractivity contribution in [2.45, 2.75) is 70.1 Å². The first kappa shape index (κ1) is 20.8. The maximum Gasteiger partial charge on any atom is 0.254 e. The molecule has 0 radical (unpaired) electrons. The van der Waals surface area contributed by atoms with E-state index in [2.05, 4.69) is 4.98 Å². The molecule has 4 heterocycles. The average Bonchev–Trinajstić information content (AvgIpc) is 3.05. The van der Waals surface area contributed by atoms with Crippen LogP contribution in [0.5, 0.6) is 0 Å². The van der Waals surface area contributed by atoms with Gasteiger partial charge in [-0.3, -0.25) is 9.59 Å². The third-order valence-corrected chi connectivity index (χ3v) is 7.54. The zero-order valence-corrected chi connectivity index (χ0v) is 18.3. The summed E-state index contributed by atoms with van der Waals surface area (Å²) < 4.78 is 12.1. The van der Waals surface area contributed by atoms with Gasteiger partial charge in [-0.2, -0.15) is 0 Å².